The minimum Gasteiger partial charge on any atom is -0.445 e. The number of nitrogens with zero attached hydrogens (tertiary/aromatic N) is 1. The highest BCUT2D eigenvalue weighted by Crippen LogP contribution is 2.45. The Kier molecular flexibility index (Phi) is 5.34. The topological polar surface area (TPSA) is 41.6 Å². The highest BCUT2D eigenvalue weighted by molar-refractivity contribution is 5.69. The van der Waals surface area contributed by atoms with Gasteiger partial charge in [0.05, 0.1) is 0 Å². The van der Waals surface area contributed by atoms with Crippen LogP contribution in [0.3, 0.4) is 0 Å². The molecule has 1 saturated heterocycles. The van der Waals surface area contributed by atoms with Crippen molar-refractivity contribution >= 4 is 6.09 Å². The molecule has 1 aliphatic heterocycles. The van der Waals surface area contributed by atoms with Crippen LogP contribution in [-0.4, -0.2) is 43.3 Å². The van der Waals surface area contributed by atoms with Crippen LogP contribution in [-0.2, 0) is 4.74 Å². The summed E-state index contributed by atoms with van der Waals surface area (Å²) >= 11 is 0. The van der Waals surface area contributed by atoms with Crippen LogP contribution < -0.4 is 5.32 Å². The van der Waals surface area contributed by atoms with Gasteiger partial charge in [-0.15, -0.1) is 0 Å². The monoisotopic (exact) mass is 314 g/mol. The van der Waals surface area contributed by atoms with Gasteiger partial charge in [-0.05, 0) is 43.8 Å². The zero-order valence-corrected chi connectivity index (χ0v) is 13.6. The first-order chi connectivity index (χ1) is 11.3. The second kappa shape index (κ2) is 7.64. The summed E-state index contributed by atoms with van der Waals surface area (Å²) in [5, 5.41) is 3.38. The van der Waals surface area contributed by atoms with E-state index in [4.69, 9.17) is 4.74 Å². The van der Waals surface area contributed by atoms with Crippen molar-refractivity contribution in [3.8, 4) is 0 Å². The van der Waals surface area contributed by atoms with E-state index in [-0.39, 0.29) is 18.7 Å². The quantitative estimate of drug-likeness (QED) is 0.820. The van der Waals surface area contributed by atoms with Crippen molar-refractivity contribution in [2.45, 2.75) is 31.2 Å². The van der Waals surface area contributed by atoms with E-state index < -0.39 is 0 Å². The minimum absolute atomic E-state index is 0.188. The average Bonchev–Trinajstić information content (AvgIpc) is 3.40. The van der Waals surface area contributed by atoms with Gasteiger partial charge in [-0.1, -0.05) is 43.0 Å². The third-order valence-corrected chi connectivity index (χ3v) is 4.86. The van der Waals surface area contributed by atoms with Crippen molar-refractivity contribution in [2.24, 2.45) is 5.92 Å². The zero-order valence-electron chi connectivity index (χ0n) is 13.6. The first-order valence-corrected chi connectivity index (χ1v) is 8.59. The predicted molar refractivity (Wildman–Crippen MR) is 91.4 cm³/mol. The van der Waals surface area contributed by atoms with E-state index in [0.717, 1.165) is 38.9 Å². The molecule has 1 aromatic carbocycles. The Morgan fingerprint density at radius 3 is 2.74 bits per heavy atom. The third-order valence-electron chi connectivity index (χ3n) is 4.86. The van der Waals surface area contributed by atoms with Gasteiger partial charge in [0.2, 0.25) is 0 Å². The number of ether oxygens (including phenoxy) is 1. The van der Waals surface area contributed by atoms with Gasteiger partial charge in [-0.3, -0.25) is 0 Å². The Morgan fingerprint density at radius 1 is 1.30 bits per heavy atom. The van der Waals surface area contributed by atoms with E-state index >= 15 is 0 Å². The molecule has 3 rings (SSSR count). The minimum atomic E-state index is -0.188. The number of carbonyl (C=O) groups excluding carboxylic acids is 1. The molecular weight excluding hydrogens is 288 g/mol. The Bertz CT molecular complexity index is 525. The number of carbonyl (C=O) groups is 1. The van der Waals surface area contributed by atoms with Crippen molar-refractivity contribution in [1.82, 2.24) is 10.2 Å². The highest BCUT2D eigenvalue weighted by atomic mass is 16.6. The Hall–Kier alpha value is -1.81. The van der Waals surface area contributed by atoms with Gasteiger partial charge in [0.15, 0.2) is 0 Å². The Morgan fingerprint density at radius 2 is 2.04 bits per heavy atom. The highest BCUT2D eigenvalue weighted by Gasteiger charge is 2.45. The maximum absolute atomic E-state index is 12.5. The molecule has 1 heterocycles. The number of hydrogen-bond donors (Lipinski definition) is 1. The molecule has 0 spiro atoms. The second-order valence-electron chi connectivity index (χ2n) is 6.53. The van der Waals surface area contributed by atoms with E-state index in [1.165, 1.54) is 5.56 Å². The molecule has 4 nitrogen and oxygen atoms in total. The zero-order chi connectivity index (χ0) is 16.1. The van der Waals surface area contributed by atoms with Crippen LogP contribution in [0, 0.1) is 5.92 Å². The molecule has 124 valence electrons. The van der Waals surface area contributed by atoms with Crippen molar-refractivity contribution in [1.29, 1.82) is 0 Å². The lowest BCUT2D eigenvalue weighted by Gasteiger charge is -2.30. The molecule has 2 atom stereocenters. The molecule has 0 radical (unpaired) electrons. The molecule has 1 N–H and O–H groups in total. The first kappa shape index (κ1) is 16.1. The summed E-state index contributed by atoms with van der Waals surface area (Å²) in [4.78, 5) is 14.4. The fraction of sp³-hybridized carbons (Fsp3) is 0.526. The Balaban J connectivity index is 1.65. The summed E-state index contributed by atoms with van der Waals surface area (Å²) < 4.78 is 5.33. The van der Waals surface area contributed by atoms with E-state index in [2.05, 4.69) is 36.2 Å². The van der Waals surface area contributed by atoms with E-state index in [1.807, 2.05) is 11.0 Å². The van der Waals surface area contributed by atoms with Crippen LogP contribution in [0.15, 0.2) is 43.0 Å². The smallest absolute Gasteiger partial charge is 0.410 e. The second-order valence-corrected chi connectivity index (χ2v) is 6.53. The SMILES string of the molecule is C=CCOC(=O)N(CC1CCNCC1)[C@@H]1C[C@H]1c1ccccc1. The van der Waals surface area contributed by atoms with Gasteiger partial charge in [-0.2, -0.15) is 0 Å². The normalized spacial score (nSPS) is 24.0. The number of benzene rings is 1. The van der Waals surface area contributed by atoms with Crippen LogP contribution in [0.5, 0.6) is 0 Å². The van der Waals surface area contributed by atoms with Crippen LogP contribution in [0.2, 0.25) is 0 Å². The maximum Gasteiger partial charge on any atom is 0.410 e. The summed E-state index contributed by atoms with van der Waals surface area (Å²) in [6.07, 6.45) is 4.74. The van der Waals surface area contributed by atoms with Gasteiger partial charge >= 0.3 is 6.09 Å². The van der Waals surface area contributed by atoms with Crippen molar-refractivity contribution in [3.05, 3.63) is 48.6 Å². The standard InChI is InChI=1S/C19H26N2O2/c1-2-12-23-19(22)21(14-15-8-10-20-11-9-15)18-13-17(18)16-6-4-3-5-7-16/h2-7,15,17-18,20H,1,8-14H2/t17-,18+/m0/s1. The molecule has 2 fully saturated rings. The number of rotatable bonds is 6. The Labute approximate surface area is 138 Å². The molecule has 0 bridgehead atoms. The largest absolute Gasteiger partial charge is 0.445 e. The van der Waals surface area contributed by atoms with Gasteiger partial charge < -0.3 is 15.0 Å². The molecule has 1 aromatic rings. The van der Waals surface area contributed by atoms with Gasteiger partial charge in [0.25, 0.3) is 0 Å². The average molecular weight is 314 g/mol. The summed E-state index contributed by atoms with van der Waals surface area (Å²) in [5.41, 5.74) is 1.32. The van der Waals surface area contributed by atoms with Crippen molar-refractivity contribution < 1.29 is 9.53 Å². The maximum atomic E-state index is 12.5. The lowest BCUT2D eigenvalue weighted by atomic mass is 9.97. The van der Waals surface area contributed by atoms with Crippen LogP contribution in [0.4, 0.5) is 4.79 Å². The van der Waals surface area contributed by atoms with Gasteiger partial charge in [-0.25, -0.2) is 4.79 Å². The molecule has 0 aromatic heterocycles. The molecule has 4 heteroatoms. The summed E-state index contributed by atoms with van der Waals surface area (Å²) in [6.45, 7) is 6.82. The molecule has 1 amide bonds. The first-order valence-electron chi connectivity index (χ1n) is 8.59. The number of hydrogen-bond acceptors (Lipinski definition) is 3. The summed E-state index contributed by atoms with van der Waals surface area (Å²) in [7, 11) is 0. The molecule has 1 saturated carbocycles. The molecule has 1 aliphatic carbocycles. The lowest BCUT2D eigenvalue weighted by molar-refractivity contribution is 0.0983. The van der Waals surface area contributed by atoms with Gasteiger partial charge in [0.1, 0.15) is 6.61 Å². The summed E-state index contributed by atoms with van der Waals surface area (Å²) in [6, 6.07) is 10.8. The van der Waals surface area contributed by atoms with Gasteiger partial charge in [0, 0.05) is 18.5 Å². The molecule has 2 aliphatic rings. The van der Waals surface area contributed by atoms with E-state index in [1.54, 1.807) is 6.08 Å². The molecular formula is C19H26N2O2. The van der Waals surface area contributed by atoms with Crippen molar-refractivity contribution in [2.75, 3.05) is 26.2 Å². The fourth-order valence-corrected chi connectivity index (χ4v) is 3.49. The molecule has 0 unspecified atom stereocenters. The van der Waals surface area contributed by atoms with Crippen LogP contribution >= 0.6 is 0 Å². The number of piperidine rings is 1. The van der Waals surface area contributed by atoms with E-state index in [0.29, 0.717) is 11.8 Å². The van der Waals surface area contributed by atoms with Crippen LogP contribution in [0.25, 0.3) is 0 Å². The summed E-state index contributed by atoms with van der Waals surface area (Å²) in [5.74, 6) is 1.03. The fourth-order valence-electron chi connectivity index (χ4n) is 3.49. The number of nitrogens with one attached hydrogen (secondary N) is 1. The van der Waals surface area contributed by atoms with Crippen LogP contribution in [0.1, 0.15) is 30.7 Å². The lowest BCUT2D eigenvalue weighted by Crippen LogP contribution is -2.41. The van der Waals surface area contributed by atoms with Crippen molar-refractivity contribution in [3.63, 3.8) is 0 Å². The number of amides is 1. The predicted octanol–water partition coefficient (Wildman–Crippen LogP) is 3.17. The molecule has 23 heavy (non-hydrogen) atoms. The third kappa shape index (κ3) is 4.14. The van der Waals surface area contributed by atoms with E-state index in [9.17, 15) is 4.79 Å².